The van der Waals surface area contributed by atoms with Crippen molar-refractivity contribution in [2.45, 2.75) is 31.8 Å². The number of carbonyl (C=O) groups is 2. The van der Waals surface area contributed by atoms with E-state index in [2.05, 4.69) is 4.98 Å². The van der Waals surface area contributed by atoms with E-state index in [1.165, 1.54) is 11.2 Å². The Balaban J connectivity index is 1.71. The number of aromatic nitrogens is 2. The Hall–Kier alpha value is -2.84. The standard InChI is InChI=1S/C17H17F3N4O2/c18-13-3-10(4-14(19)17(13)20)11-5-16(26)23(7-11)9-24-8-22-6-12(24)1-2-15(21)25/h3-4,6,8,11H,1-2,5,7,9H2,(H2,21,25). The predicted molar refractivity (Wildman–Crippen MR) is 85.1 cm³/mol. The molecule has 138 valence electrons. The van der Waals surface area contributed by atoms with Gasteiger partial charge < -0.3 is 15.2 Å². The lowest BCUT2D eigenvalue weighted by Gasteiger charge is -2.19. The van der Waals surface area contributed by atoms with E-state index in [-0.39, 0.29) is 37.5 Å². The highest BCUT2D eigenvalue weighted by atomic mass is 19.2. The van der Waals surface area contributed by atoms with Crippen LogP contribution in [0.15, 0.2) is 24.7 Å². The molecule has 26 heavy (non-hydrogen) atoms. The highest BCUT2D eigenvalue weighted by Crippen LogP contribution is 2.30. The molecule has 6 nitrogen and oxygen atoms in total. The largest absolute Gasteiger partial charge is 0.370 e. The van der Waals surface area contributed by atoms with Crippen molar-refractivity contribution in [3.63, 3.8) is 0 Å². The summed E-state index contributed by atoms with van der Waals surface area (Å²) >= 11 is 0. The summed E-state index contributed by atoms with van der Waals surface area (Å²) in [4.78, 5) is 28.7. The summed E-state index contributed by atoms with van der Waals surface area (Å²) in [7, 11) is 0. The molecule has 1 aromatic heterocycles. The molecular formula is C17H17F3N4O2. The van der Waals surface area contributed by atoms with Crippen LogP contribution >= 0.6 is 0 Å². The summed E-state index contributed by atoms with van der Waals surface area (Å²) in [5, 5.41) is 0. The van der Waals surface area contributed by atoms with Crippen LogP contribution in [0.4, 0.5) is 13.2 Å². The quantitative estimate of drug-likeness (QED) is 0.790. The van der Waals surface area contributed by atoms with Gasteiger partial charge in [0, 0.05) is 37.2 Å². The number of halogens is 3. The SMILES string of the molecule is NC(=O)CCc1cncn1CN1CC(c2cc(F)c(F)c(F)c2)CC1=O. The second-order valence-electron chi connectivity index (χ2n) is 6.28. The van der Waals surface area contributed by atoms with Gasteiger partial charge in [0.1, 0.15) is 0 Å². The Morgan fingerprint density at radius 2 is 1.96 bits per heavy atom. The molecule has 0 bridgehead atoms. The number of amides is 2. The number of nitrogens with two attached hydrogens (primary N) is 1. The number of rotatable bonds is 6. The predicted octanol–water partition coefficient (Wildman–Crippen LogP) is 1.69. The second-order valence-corrected chi connectivity index (χ2v) is 6.28. The molecule has 1 aliphatic heterocycles. The van der Waals surface area contributed by atoms with E-state index < -0.39 is 29.3 Å². The minimum atomic E-state index is -1.52. The smallest absolute Gasteiger partial charge is 0.224 e. The maximum absolute atomic E-state index is 13.4. The molecule has 2 aromatic rings. The Bertz CT molecular complexity index is 829. The van der Waals surface area contributed by atoms with E-state index in [4.69, 9.17) is 5.73 Å². The third kappa shape index (κ3) is 3.71. The van der Waals surface area contributed by atoms with Gasteiger partial charge in [-0.3, -0.25) is 9.59 Å². The molecule has 2 N–H and O–H groups in total. The summed E-state index contributed by atoms with van der Waals surface area (Å²) in [5.41, 5.74) is 6.14. The number of likely N-dealkylation sites (tertiary alicyclic amines) is 1. The lowest BCUT2D eigenvalue weighted by molar-refractivity contribution is -0.129. The van der Waals surface area contributed by atoms with Crippen molar-refractivity contribution in [1.29, 1.82) is 0 Å². The molecule has 3 rings (SSSR count). The first-order valence-corrected chi connectivity index (χ1v) is 8.04. The monoisotopic (exact) mass is 366 g/mol. The normalized spacial score (nSPS) is 17.1. The summed E-state index contributed by atoms with van der Waals surface area (Å²) in [6, 6.07) is 1.85. The van der Waals surface area contributed by atoms with Gasteiger partial charge >= 0.3 is 0 Å². The number of imidazole rings is 1. The molecule has 0 spiro atoms. The van der Waals surface area contributed by atoms with E-state index in [0.717, 1.165) is 17.8 Å². The van der Waals surface area contributed by atoms with Crippen molar-refractivity contribution in [1.82, 2.24) is 14.5 Å². The minimum absolute atomic E-state index is 0.0792. The molecule has 0 saturated carbocycles. The van der Waals surface area contributed by atoms with Gasteiger partial charge in [0.05, 0.1) is 13.0 Å². The number of hydrogen-bond donors (Lipinski definition) is 1. The summed E-state index contributed by atoms with van der Waals surface area (Å²) in [5.74, 6) is -5.11. The maximum atomic E-state index is 13.4. The van der Waals surface area contributed by atoms with Crippen LogP contribution in [-0.4, -0.2) is 32.8 Å². The number of benzene rings is 1. The van der Waals surface area contributed by atoms with Crippen LogP contribution in [0.3, 0.4) is 0 Å². The molecule has 1 fully saturated rings. The molecule has 2 amide bonds. The molecule has 2 heterocycles. The molecule has 1 saturated heterocycles. The first-order valence-electron chi connectivity index (χ1n) is 8.04. The zero-order valence-corrected chi connectivity index (χ0v) is 13.8. The fourth-order valence-electron chi connectivity index (χ4n) is 3.06. The van der Waals surface area contributed by atoms with Crippen LogP contribution < -0.4 is 5.73 Å². The van der Waals surface area contributed by atoms with Gasteiger partial charge in [-0.2, -0.15) is 0 Å². The maximum Gasteiger partial charge on any atom is 0.224 e. The van der Waals surface area contributed by atoms with Crippen molar-refractivity contribution < 1.29 is 22.8 Å². The first kappa shape index (κ1) is 18.0. The summed E-state index contributed by atoms with van der Waals surface area (Å²) in [6.45, 7) is 0.451. The topological polar surface area (TPSA) is 81.2 Å². The Morgan fingerprint density at radius 1 is 1.27 bits per heavy atom. The van der Waals surface area contributed by atoms with Gasteiger partial charge in [0.25, 0.3) is 0 Å². The van der Waals surface area contributed by atoms with Crippen molar-refractivity contribution in [2.75, 3.05) is 6.54 Å². The number of primary amides is 1. The van der Waals surface area contributed by atoms with Crippen LogP contribution in [0.1, 0.15) is 30.0 Å². The van der Waals surface area contributed by atoms with E-state index in [1.807, 2.05) is 0 Å². The molecular weight excluding hydrogens is 349 g/mol. The lowest BCUT2D eigenvalue weighted by Crippen LogP contribution is -2.28. The molecule has 1 aromatic carbocycles. The van der Waals surface area contributed by atoms with Crippen molar-refractivity contribution >= 4 is 11.8 Å². The van der Waals surface area contributed by atoms with E-state index in [0.29, 0.717) is 6.42 Å². The van der Waals surface area contributed by atoms with Gasteiger partial charge in [0.2, 0.25) is 11.8 Å². The van der Waals surface area contributed by atoms with Crippen molar-refractivity contribution in [2.24, 2.45) is 5.73 Å². The molecule has 0 radical (unpaired) electrons. The van der Waals surface area contributed by atoms with Crippen LogP contribution in [0.25, 0.3) is 0 Å². The lowest BCUT2D eigenvalue weighted by atomic mass is 9.98. The molecule has 1 atom stereocenters. The van der Waals surface area contributed by atoms with Crippen LogP contribution in [0, 0.1) is 17.5 Å². The van der Waals surface area contributed by atoms with Crippen molar-refractivity contribution in [3.8, 4) is 0 Å². The van der Waals surface area contributed by atoms with E-state index in [1.54, 1.807) is 10.8 Å². The Morgan fingerprint density at radius 3 is 2.62 bits per heavy atom. The third-order valence-electron chi connectivity index (χ3n) is 4.44. The number of nitrogens with zero attached hydrogens (tertiary/aromatic N) is 3. The fourth-order valence-corrected chi connectivity index (χ4v) is 3.06. The molecule has 1 unspecified atom stereocenters. The third-order valence-corrected chi connectivity index (χ3v) is 4.44. The Kier molecular flexibility index (Phi) is 4.97. The highest BCUT2D eigenvalue weighted by Gasteiger charge is 2.32. The Labute approximate surface area is 147 Å². The van der Waals surface area contributed by atoms with Gasteiger partial charge in [-0.1, -0.05) is 0 Å². The van der Waals surface area contributed by atoms with Gasteiger partial charge in [-0.05, 0) is 24.1 Å². The van der Waals surface area contributed by atoms with Gasteiger partial charge in [-0.15, -0.1) is 0 Å². The zero-order chi connectivity index (χ0) is 18.8. The molecule has 1 aliphatic rings. The van der Waals surface area contributed by atoms with Crippen LogP contribution in [-0.2, 0) is 22.7 Å². The number of hydrogen-bond acceptors (Lipinski definition) is 3. The number of aryl methyl sites for hydroxylation is 1. The summed E-state index contributed by atoms with van der Waals surface area (Å²) < 4.78 is 41.7. The fraction of sp³-hybridized carbons (Fsp3) is 0.353. The van der Waals surface area contributed by atoms with Crippen LogP contribution in [0.5, 0.6) is 0 Å². The molecule has 9 heteroatoms. The minimum Gasteiger partial charge on any atom is -0.370 e. The first-order chi connectivity index (χ1) is 12.3. The zero-order valence-electron chi connectivity index (χ0n) is 13.8. The number of carbonyl (C=O) groups excluding carboxylic acids is 2. The highest BCUT2D eigenvalue weighted by molar-refractivity contribution is 5.79. The second kappa shape index (κ2) is 7.19. The van der Waals surface area contributed by atoms with Gasteiger partial charge in [-0.25, -0.2) is 18.2 Å². The van der Waals surface area contributed by atoms with Crippen molar-refractivity contribution in [3.05, 3.63) is 53.4 Å². The summed E-state index contributed by atoms with van der Waals surface area (Å²) in [6.07, 6.45) is 3.77. The van der Waals surface area contributed by atoms with Crippen LogP contribution in [0.2, 0.25) is 0 Å². The van der Waals surface area contributed by atoms with E-state index in [9.17, 15) is 22.8 Å². The average molecular weight is 366 g/mol. The average Bonchev–Trinajstić information content (AvgIpc) is 3.17. The molecule has 0 aliphatic carbocycles. The van der Waals surface area contributed by atoms with Gasteiger partial charge in [0.15, 0.2) is 17.5 Å². The van der Waals surface area contributed by atoms with E-state index >= 15 is 0 Å².